The molecule has 0 spiro atoms. The van der Waals surface area contributed by atoms with Gasteiger partial charge in [-0.1, -0.05) is 73.3 Å². The molecule has 1 heterocycles. The predicted octanol–water partition coefficient (Wildman–Crippen LogP) is 4.95. The van der Waals surface area contributed by atoms with E-state index in [1.165, 1.54) is 5.56 Å². The minimum Gasteiger partial charge on any atom is -0.456 e. The average molecular weight is 372 g/mol. The summed E-state index contributed by atoms with van der Waals surface area (Å²) in [5.41, 5.74) is 4.26. The summed E-state index contributed by atoms with van der Waals surface area (Å²) in [7, 11) is 0. The zero-order valence-corrected chi connectivity index (χ0v) is 16.1. The molecule has 0 saturated carbocycles. The molecule has 0 radical (unpaired) electrons. The van der Waals surface area contributed by atoms with Crippen LogP contribution in [0.25, 0.3) is 11.3 Å². The Morgan fingerprint density at radius 3 is 2.36 bits per heavy atom. The second-order valence-electron chi connectivity index (χ2n) is 6.61. The maximum Gasteiger partial charge on any atom is 0.333 e. The summed E-state index contributed by atoms with van der Waals surface area (Å²) in [6.07, 6.45) is 2.46. The number of ether oxygens (including phenoxy) is 1. The van der Waals surface area contributed by atoms with E-state index in [0.29, 0.717) is 18.5 Å². The Morgan fingerprint density at radius 1 is 1.11 bits per heavy atom. The molecule has 1 aromatic heterocycles. The topological polar surface area (TPSA) is 44.1 Å². The zero-order valence-electron chi connectivity index (χ0n) is 16.1. The molecule has 0 N–H and O–H groups in total. The van der Waals surface area contributed by atoms with Crippen molar-refractivity contribution in [2.75, 3.05) is 0 Å². The average Bonchev–Trinajstić information content (AvgIpc) is 3.04. The Labute approximate surface area is 165 Å². The molecular weight excluding hydrogens is 348 g/mol. The van der Waals surface area contributed by atoms with Crippen LogP contribution in [0, 0.1) is 0 Å². The lowest BCUT2D eigenvalue weighted by atomic mass is 10.1. The first-order valence-electron chi connectivity index (χ1n) is 9.21. The fourth-order valence-corrected chi connectivity index (χ4v) is 3.05. The van der Waals surface area contributed by atoms with Crippen molar-refractivity contribution < 1.29 is 9.53 Å². The fourth-order valence-electron chi connectivity index (χ4n) is 3.05. The summed E-state index contributed by atoms with van der Waals surface area (Å²) in [5.74, 6) is 0.473. The molecule has 0 bridgehead atoms. The lowest BCUT2D eigenvalue weighted by Gasteiger charge is -2.13. The van der Waals surface area contributed by atoms with Crippen molar-refractivity contribution >= 4 is 5.97 Å². The van der Waals surface area contributed by atoms with Crippen molar-refractivity contribution in [3.8, 4) is 11.3 Å². The Hall–Kier alpha value is -3.40. The van der Waals surface area contributed by atoms with E-state index in [2.05, 4.69) is 29.9 Å². The van der Waals surface area contributed by atoms with E-state index >= 15 is 0 Å². The minimum absolute atomic E-state index is 0.0991. The van der Waals surface area contributed by atoms with E-state index in [-0.39, 0.29) is 6.61 Å². The monoisotopic (exact) mass is 372 g/mol. The molecule has 0 aliphatic heterocycles. The van der Waals surface area contributed by atoms with Crippen LogP contribution in [0.2, 0.25) is 0 Å². The van der Waals surface area contributed by atoms with Gasteiger partial charge in [-0.3, -0.25) is 0 Å². The van der Waals surface area contributed by atoms with Gasteiger partial charge in [0.15, 0.2) is 0 Å². The number of hydrogen-bond acceptors (Lipinski definition) is 3. The number of carbonyl (C=O) groups excluding carboxylic acids is 1. The highest BCUT2D eigenvalue weighted by atomic mass is 16.5. The van der Waals surface area contributed by atoms with E-state index < -0.39 is 5.97 Å². The van der Waals surface area contributed by atoms with Crippen LogP contribution in [0.1, 0.15) is 24.0 Å². The first-order valence-corrected chi connectivity index (χ1v) is 9.21. The number of benzene rings is 2. The number of nitrogens with zero attached hydrogens (tertiary/aromatic N) is 2. The number of aromatic nitrogens is 2. The Morgan fingerprint density at radius 2 is 1.75 bits per heavy atom. The van der Waals surface area contributed by atoms with Gasteiger partial charge >= 0.3 is 5.97 Å². The largest absolute Gasteiger partial charge is 0.456 e. The summed E-state index contributed by atoms with van der Waals surface area (Å²) in [6, 6.07) is 20.3. The normalized spacial score (nSPS) is 10.5. The van der Waals surface area contributed by atoms with E-state index in [0.717, 1.165) is 22.8 Å². The van der Waals surface area contributed by atoms with E-state index in [4.69, 9.17) is 9.72 Å². The van der Waals surface area contributed by atoms with Gasteiger partial charge in [-0.05, 0) is 12.5 Å². The van der Waals surface area contributed by atoms with Crippen LogP contribution in [-0.4, -0.2) is 15.5 Å². The second-order valence-corrected chi connectivity index (χ2v) is 6.61. The standard InChI is InChI=1S/C24H24N2O2/c1-4-11-22-25-21(17-28-24(27)18(2)3)23(20-14-9-6-10-15-20)26(22)16-19-12-7-5-8-13-19/h4-10,12-15H,1-2,11,16-17H2,3H3. The first kappa shape index (κ1) is 19.4. The molecule has 0 fully saturated rings. The third-order valence-electron chi connectivity index (χ3n) is 4.36. The highest BCUT2D eigenvalue weighted by Crippen LogP contribution is 2.27. The van der Waals surface area contributed by atoms with Crippen molar-refractivity contribution in [3.63, 3.8) is 0 Å². The molecular formula is C24H24N2O2. The van der Waals surface area contributed by atoms with Crippen LogP contribution < -0.4 is 0 Å². The molecule has 4 nitrogen and oxygen atoms in total. The molecule has 0 aliphatic rings. The summed E-state index contributed by atoms with van der Waals surface area (Å²) < 4.78 is 7.59. The van der Waals surface area contributed by atoms with Gasteiger partial charge < -0.3 is 9.30 Å². The fraction of sp³-hybridized carbons (Fsp3) is 0.167. The molecule has 142 valence electrons. The summed E-state index contributed by atoms with van der Waals surface area (Å²) in [4.78, 5) is 16.7. The third-order valence-corrected chi connectivity index (χ3v) is 4.36. The third kappa shape index (κ3) is 4.46. The lowest BCUT2D eigenvalue weighted by Crippen LogP contribution is -2.08. The maximum atomic E-state index is 11.9. The Balaban J connectivity index is 2.07. The highest BCUT2D eigenvalue weighted by molar-refractivity contribution is 5.87. The van der Waals surface area contributed by atoms with Crippen LogP contribution in [0.15, 0.2) is 85.5 Å². The number of carbonyl (C=O) groups is 1. The maximum absolute atomic E-state index is 11.9. The molecule has 3 rings (SSSR count). The van der Waals surface area contributed by atoms with Gasteiger partial charge in [0.25, 0.3) is 0 Å². The smallest absolute Gasteiger partial charge is 0.333 e. The molecule has 0 aliphatic carbocycles. The molecule has 0 atom stereocenters. The molecule has 4 heteroatoms. The number of rotatable bonds is 8. The van der Waals surface area contributed by atoms with Crippen molar-refractivity contribution in [1.82, 2.24) is 9.55 Å². The zero-order chi connectivity index (χ0) is 19.9. The van der Waals surface area contributed by atoms with Gasteiger partial charge in [0.05, 0.1) is 5.69 Å². The van der Waals surface area contributed by atoms with E-state index in [1.54, 1.807) is 6.92 Å². The number of allylic oxidation sites excluding steroid dienone is 1. The SMILES string of the molecule is C=CCc1nc(COC(=O)C(=C)C)c(-c2ccccc2)n1Cc1ccccc1. The van der Waals surface area contributed by atoms with E-state index in [1.807, 2.05) is 54.6 Å². The van der Waals surface area contributed by atoms with Gasteiger partial charge in [0.2, 0.25) is 0 Å². The minimum atomic E-state index is -0.415. The van der Waals surface area contributed by atoms with Crippen LogP contribution in [0.3, 0.4) is 0 Å². The molecule has 0 saturated heterocycles. The van der Waals surface area contributed by atoms with E-state index in [9.17, 15) is 4.79 Å². The Kier molecular flexibility index (Phi) is 6.22. The first-order chi connectivity index (χ1) is 13.6. The molecule has 3 aromatic rings. The lowest BCUT2D eigenvalue weighted by molar-refractivity contribution is -0.140. The summed E-state index contributed by atoms with van der Waals surface area (Å²) >= 11 is 0. The van der Waals surface area contributed by atoms with Gasteiger partial charge in [-0.2, -0.15) is 0 Å². The van der Waals surface area contributed by atoms with Gasteiger partial charge in [-0.25, -0.2) is 9.78 Å². The van der Waals surface area contributed by atoms with Gasteiger partial charge in [0.1, 0.15) is 18.1 Å². The second kappa shape index (κ2) is 9.00. The van der Waals surface area contributed by atoms with Crippen molar-refractivity contribution in [2.45, 2.75) is 26.5 Å². The molecule has 0 unspecified atom stereocenters. The van der Waals surface area contributed by atoms with Crippen molar-refractivity contribution in [1.29, 1.82) is 0 Å². The van der Waals surface area contributed by atoms with Crippen LogP contribution in [0.4, 0.5) is 0 Å². The van der Waals surface area contributed by atoms with Crippen LogP contribution in [-0.2, 0) is 29.1 Å². The number of hydrogen-bond donors (Lipinski definition) is 0. The Bertz CT molecular complexity index is 973. The number of esters is 1. The summed E-state index contributed by atoms with van der Waals surface area (Å²) in [5, 5.41) is 0. The molecule has 28 heavy (non-hydrogen) atoms. The van der Waals surface area contributed by atoms with Gasteiger partial charge in [-0.15, -0.1) is 6.58 Å². The van der Waals surface area contributed by atoms with Crippen molar-refractivity contribution in [2.24, 2.45) is 0 Å². The highest BCUT2D eigenvalue weighted by Gasteiger charge is 2.19. The van der Waals surface area contributed by atoms with Gasteiger partial charge in [0, 0.05) is 24.1 Å². The number of imidazole rings is 1. The van der Waals surface area contributed by atoms with Crippen molar-refractivity contribution in [3.05, 3.63) is 103 Å². The quantitative estimate of drug-likeness (QED) is 0.319. The molecule has 2 aromatic carbocycles. The van der Waals surface area contributed by atoms with Crippen LogP contribution >= 0.6 is 0 Å². The summed E-state index contributed by atoms with van der Waals surface area (Å²) in [6.45, 7) is 9.92. The predicted molar refractivity (Wildman–Crippen MR) is 112 cm³/mol. The van der Waals surface area contributed by atoms with Crippen LogP contribution in [0.5, 0.6) is 0 Å². The molecule has 0 amide bonds.